The van der Waals surface area contributed by atoms with Crippen LogP contribution in [0.2, 0.25) is 0 Å². The molecule has 3 rings (SSSR count). The average Bonchev–Trinajstić information content (AvgIpc) is 2.69. The van der Waals surface area contributed by atoms with Crippen LogP contribution in [0.1, 0.15) is 11.1 Å². The predicted molar refractivity (Wildman–Crippen MR) is 114 cm³/mol. The summed E-state index contributed by atoms with van der Waals surface area (Å²) in [6.45, 7) is 6.57. The molecule has 29 heavy (non-hydrogen) atoms. The third-order valence-electron chi connectivity index (χ3n) is 5.18. The Labute approximate surface area is 172 Å². The van der Waals surface area contributed by atoms with E-state index in [4.69, 9.17) is 5.14 Å². The summed E-state index contributed by atoms with van der Waals surface area (Å²) in [5, 5.41) is 8.03. The van der Waals surface area contributed by atoms with Crippen molar-refractivity contribution < 1.29 is 13.2 Å². The summed E-state index contributed by atoms with van der Waals surface area (Å²) in [7, 11) is -3.67. The fourth-order valence-corrected chi connectivity index (χ4v) is 4.03. The quantitative estimate of drug-likeness (QED) is 0.705. The Balaban J connectivity index is 1.39. The molecule has 1 aliphatic rings. The highest BCUT2D eigenvalue weighted by atomic mass is 32.2. The van der Waals surface area contributed by atoms with Crippen LogP contribution < -0.4 is 15.4 Å². The summed E-state index contributed by atoms with van der Waals surface area (Å²) < 4.78 is 22.5. The molecule has 1 amide bonds. The molecular weight excluding hydrogens is 388 g/mol. The summed E-state index contributed by atoms with van der Waals surface area (Å²) in [4.78, 5) is 16.9. The number of amides is 1. The van der Waals surface area contributed by atoms with E-state index in [9.17, 15) is 13.2 Å². The number of hydrogen-bond donors (Lipinski definition) is 2. The van der Waals surface area contributed by atoms with Gasteiger partial charge in [-0.25, -0.2) is 13.6 Å². The van der Waals surface area contributed by atoms with Crippen molar-refractivity contribution in [2.45, 2.75) is 18.2 Å². The van der Waals surface area contributed by atoms with E-state index in [0.29, 0.717) is 19.5 Å². The molecule has 7 nitrogen and oxygen atoms in total. The second-order valence-corrected chi connectivity index (χ2v) is 8.90. The van der Waals surface area contributed by atoms with Crippen LogP contribution >= 0.6 is 0 Å². The number of hydrogen-bond acceptors (Lipinski definition) is 5. The third-order valence-corrected chi connectivity index (χ3v) is 6.11. The van der Waals surface area contributed by atoms with Crippen molar-refractivity contribution in [1.29, 1.82) is 0 Å². The van der Waals surface area contributed by atoms with Crippen LogP contribution in [-0.2, 0) is 21.2 Å². The van der Waals surface area contributed by atoms with Gasteiger partial charge in [0, 0.05) is 38.4 Å². The number of primary sulfonamides is 1. The maximum absolute atomic E-state index is 12.2. The van der Waals surface area contributed by atoms with Crippen LogP contribution in [0, 0.1) is 6.92 Å². The van der Waals surface area contributed by atoms with Gasteiger partial charge in [-0.3, -0.25) is 9.69 Å². The minimum atomic E-state index is -3.67. The maximum Gasteiger partial charge on any atom is 0.238 e. The maximum atomic E-state index is 12.2. The minimum absolute atomic E-state index is 0.00972. The number of benzene rings is 2. The monoisotopic (exact) mass is 416 g/mol. The van der Waals surface area contributed by atoms with Gasteiger partial charge in [-0.15, -0.1) is 0 Å². The van der Waals surface area contributed by atoms with Gasteiger partial charge in [0.15, 0.2) is 0 Å². The largest absolute Gasteiger partial charge is 0.369 e. The van der Waals surface area contributed by atoms with E-state index in [1.807, 2.05) is 6.07 Å². The molecule has 0 aromatic heterocycles. The Bertz CT molecular complexity index is 937. The summed E-state index contributed by atoms with van der Waals surface area (Å²) in [5.74, 6) is 0.00972. The van der Waals surface area contributed by atoms with Crippen LogP contribution in [0.15, 0.2) is 53.4 Å². The highest BCUT2D eigenvalue weighted by Gasteiger charge is 2.19. The fraction of sp³-hybridized carbons (Fsp3) is 0.381. The third kappa shape index (κ3) is 6.03. The van der Waals surface area contributed by atoms with Crippen LogP contribution in [0.4, 0.5) is 5.69 Å². The molecule has 156 valence electrons. The van der Waals surface area contributed by atoms with Crippen molar-refractivity contribution in [2.24, 2.45) is 5.14 Å². The Morgan fingerprint density at radius 2 is 1.69 bits per heavy atom. The summed E-state index contributed by atoms with van der Waals surface area (Å²) in [5.41, 5.74) is 3.49. The van der Waals surface area contributed by atoms with Crippen molar-refractivity contribution in [3.63, 3.8) is 0 Å². The van der Waals surface area contributed by atoms with Gasteiger partial charge in [0.05, 0.1) is 11.4 Å². The van der Waals surface area contributed by atoms with E-state index >= 15 is 0 Å². The van der Waals surface area contributed by atoms with Crippen LogP contribution in [-0.4, -0.2) is 58.5 Å². The van der Waals surface area contributed by atoms with Gasteiger partial charge < -0.3 is 10.2 Å². The number of carbonyl (C=O) groups excluding carboxylic acids is 1. The lowest BCUT2D eigenvalue weighted by Gasteiger charge is -2.36. The van der Waals surface area contributed by atoms with Crippen LogP contribution in [0.5, 0.6) is 0 Å². The predicted octanol–water partition coefficient (Wildman–Crippen LogP) is 1.12. The van der Waals surface area contributed by atoms with Crippen molar-refractivity contribution in [2.75, 3.05) is 44.2 Å². The minimum Gasteiger partial charge on any atom is -0.369 e. The van der Waals surface area contributed by atoms with E-state index < -0.39 is 10.0 Å². The average molecular weight is 417 g/mol. The van der Waals surface area contributed by atoms with E-state index in [2.05, 4.69) is 40.2 Å². The van der Waals surface area contributed by atoms with Crippen molar-refractivity contribution in [3.05, 3.63) is 59.7 Å². The molecule has 0 spiro atoms. The molecule has 1 fully saturated rings. The lowest BCUT2D eigenvalue weighted by Crippen LogP contribution is -2.49. The number of para-hydroxylation sites is 1. The molecule has 1 aliphatic heterocycles. The lowest BCUT2D eigenvalue weighted by molar-refractivity contribution is -0.122. The summed E-state index contributed by atoms with van der Waals surface area (Å²) in [6.07, 6.45) is 0.637. The summed E-state index contributed by atoms with van der Waals surface area (Å²) in [6, 6.07) is 14.8. The van der Waals surface area contributed by atoms with Crippen molar-refractivity contribution >= 4 is 21.6 Å². The molecular formula is C21H28N4O3S. The normalized spacial score (nSPS) is 15.3. The summed E-state index contributed by atoms with van der Waals surface area (Å²) >= 11 is 0. The van der Waals surface area contributed by atoms with Crippen molar-refractivity contribution in [3.8, 4) is 0 Å². The van der Waals surface area contributed by atoms with Crippen LogP contribution in [0.3, 0.4) is 0 Å². The van der Waals surface area contributed by atoms with E-state index in [1.54, 1.807) is 12.1 Å². The number of carbonyl (C=O) groups is 1. The van der Waals surface area contributed by atoms with Crippen LogP contribution in [0.25, 0.3) is 0 Å². The topological polar surface area (TPSA) is 95.7 Å². The Morgan fingerprint density at radius 1 is 1.03 bits per heavy atom. The molecule has 1 saturated heterocycles. The molecule has 0 saturated carbocycles. The number of rotatable bonds is 7. The number of nitrogens with zero attached hydrogens (tertiary/aromatic N) is 2. The second-order valence-electron chi connectivity index (χ2n) is 7.34. The number of anilines is 1. The SMILES string of the molecule is Cc1ccccc1N1CCN(CC(=O)NCCc2ccc(S(N)(=O)=O)cc2)CC1. The number of aryl methyl sites for hydroxylation is 1. The molecule has 3 N–H and O–H groups in total. The second kappa shape index (κ2) is 9.39. The van der Waals surface area contributed by atoms with Gasteiger partial charge in [-0.2, -0.15) is 0 Å². The van der Waals surface area contributed by atoms with Gasteiger partial charge in [-0.05, 0) is 42.7 Å². The van der Waals surface area contributed by atoms with E-state index in [1.165, 1.54) is 23.4 Å². The van der Waals surface area contributed by atoms with Gasteiger partial charge in [0.25, 0.3) is 0 Å². The highest BCUT2D eigenvalue weighted by molar-refractivity contribution is 7.89. The smallest absolute Gasteiger partial charge is 0.238 e. The number of nitrogens with one attached hydrogen (secondary N) is 1. The zero-order valence-corrected chi connectivity index (χ0v) is 17.5. The molecule has 0 atom stereocenters. The first-order valence-corrected chi connectivity index (χ1v) is 11.3. The Hall–Kier alpha value is -2.42. The zero-order chi connectivity index (χ0) is 20.9. The van der Waals surface area contributed by atoms with E-state index in [-0.39, 0.29) is 10.8 Å². The number of sulfonamides is 1. The number of nitrogens with two attached hydrogens (primary N) is 1. The number of piperazine rings is 1. The van der Waals surface area contributed by atoms with E-state index in [0.717, 1.165) is 31.7 Å². The molecule has 0 radical (unpaired) electrons. The first kappa shape index (κ1) is 21.3. The van der Waals surface area contributed by atoms with Gasteiger partial charge >= 0.3 is 0 Å². The van der Waals surface area contributed by atoms with Gasteiger partial charge in [0.1, 0.15) is 0 Å². The first-order chi connectivity index (χ1) is 13.8. The zero-order valence-electron chi connectivity index (χ0n) is 16.7. The lowest BCUT2D eigenvalue weighted by atomic mass is 10.1. The standard InChI is InChI=1S/C21H28N4O3S/c1-17-4-2-3-5-20(17)25-14-12-24(13-15-25)16-21(26)23-11-10-18-6-8-19(9-7-18)29(22,27)28/h2-9H,10-16H2,1H3,(H,23,26)(H2,22,27,28). The van der Waals surface area contributed by atoms with Crippen molar-refractivity contribution in [1.82, 2.24) is 10.2 Å². The molecule has 1 heterocycles. The Morgan fingerprint density at radius 3 is 2.31 bits per heavy atom. The fourth-order valence-electron chi connectivity index (χ4n) is 3.52. The van der Waals surface area contributed by atoms with Gasteiger partial charge in [-0.1, -0.05) is 30.3 Å². The molecule has 2 aromatic carbocycles. The molecule has 0 bridgehead atoms. The molecule has 0 unspecified atom stereocenters. The highest BCUT2D eigenvalue weighted by Crippen LogP contribution is 2.20. The molecule has 2 aromatic rings. The molecule has 8 heteroatoms. The van der Waals surface area contributed by atoms with Gasteiger partial charge in [0.2, 0.25) is 15.9 Å². The first-order valence-electron chi connectivity index (χ1n) is 9.74. The Kier molecular flexibility index (Phi) is 6.89. The molecule has 0 aliphatic carbocycles.